The first-order valence-corrected chi connectivity index (χ1v) is 7.30. The van der Waals surface area contributed by atoms with Gasteiger partial charge in [-0.25, -0.2) is 0 Å². The molecule has 4 nitrogen and oxygen atoms in total. The molecule has 0 saturated heterocycles. The molecule has 0 aliphatic heterocycles. The van der Waals surface area contributed by atoms with E-state index in [-0.39, 0.29) is 23.9 Å². The third-order valence-corrected chi connectivity index (χ3v) is 4.04. The van der Waals surface area contributed by atoms with Gasteiger partial charge < -0.3 is 15.8 Å². The fourth-order valence-electron chi connectivity index (χ4n) is 2.67. The molecule has 3 N–H and O–H groups in total. The number of carbonyl (C=O) groups is 1. The summed E-state index contributed by atoms with van der Waals surface area (Å²) in [5.74, 6) is 0.629. The average molecular weight is 313 g/mol. The Kier molecular flexibility index (Phi) is 6.49. The minimum Gasteiger partial charge on any atom is -0.481 e. The Morgan fingerprint density at radius 2 is 1.90 bits per heavy atom. The Morgan fingerprint density at radius 1 is 1.33 bits per heavy atom. The van der Waals surface area contributed by atoms with Crippen LogP contribution in [-0.2, 0) is 4.79 Å². The smallest absolute Gasteiger partial charge is 0.261 e. The van der Waals surface area contributed by atoms with E-state index < -0.39 is 6.10 Å². The molecule has 1 amide bonds. The summed E-state index contributed by atoms with van der Waals surface area (Å²) in [6, 6.07) is 7.71. The van der Waals surface area contributed by atoms with Crippen molar-refractivity contribution in [2.24, 2.45) is 5.73 Å². The number of benzene rings is 1. The van der Waals surface area contributed by atoms with E-state index >= 15 is 0 Å². The summed E-state index contributed by atoms with van der Waals surface area (Å²) in [6.45, 7) is 4.29. The molecule has 0 bridgehead atoms. The summed E-state index contributed by atoms with van der Waals surface area (Å²) in [5.41, 5.74) is 6.78. The largest absolute Gasteiger partial charge is 0.481 e. The van der Waals surface area contributed by atoms with Crippen molar-refractivity contribution in [3.8, 4) is 5.75 Å². The molecular formula is C16H25ClN2O2. The highest BCUT2D eigenvalue weighted by Gasteiger charge is 2.35. The normalized spacial score (nSPS) is 17.7. The number of nitrogens with two attached hydrogens (primary N) is 1. The summed E-state index contributed by atoms with van der Waals surface area (Å²) in [5, 5.41) is 3.08. The van der Waals surface area contributed by atoms with Crippen molar-refractivity contribution < 1.29 is 9.53 Å². The van der Waals surface area contributed by atoms with Crippen molar-refractivity contribution in [1.82, 2.24) is 5.32 Å². The second-order valence-corrected chi connectivity index (χ2v) is 5.75. The first kappa shape index (κ1) is 17.8. The van der Waals surface area contributed by atoms with Gasteiger partial charge in [-0.05, 0) is 38.8 Å². The average Bonchev–Trinajstić information content (AvgIpc) is 2.90. The lowest BCUT2D eigenvalue weighted by Gasteiger charge is -2.30. The molecule has 0 spiro atoms. The number of hydrogen-bond donors (Lipinski definition) is 2. The quantitative estimate of drug-likeness (QED) is 0.878. The highest BCUT2D eigenvalue weighted by atomic mass is 35.5. The maximum Gasteiger partial charge on any atom is 0.261 e. The van der Waals surface area contributed by atoms with Crippen LogP contribution in [0.3, 0.4) is 0 Å². The SMILES string of the molecule is Cc1ccc(OC(C)C(=O)NC2(CN)CCCC2)cc1.Cl. The van der Waals surface area contributed by atoms with Crippen LogP contribution in [0.1, 0.15) is 38.2 Å². The molecule has 0 heterocycles. The van der Waals surface area contributed by atoms with E-state index in [4.69, 9.17) is 10.5 Å². The maximum absolute atomic E-state index is 12.2. The van der Waals surface area contributed by atoms with Gasteiger partial charge in [-0.2, -0.15) is 0 Å². The lowest BCUT2D eigenvalue weighted by molar-refractivity contribution is -0.129. The van der Waals surface area contributed by atoms with Crippen LogP contribution in [0.15, 0.2) is 24.3 Å². The molecule has 1 aromatic carbocycles. The Balaban J connectivity index is 0.00000220. The van der Waals surface area contributed by atoms with Crippen LogP contribution < -0.4 is 15.8 Å². The summed E-state index contributed by atoms with van der Waals surface area (Å²) in [7, 11) is 0. The molecule has 21 heavy (non-hydrogen) atoms. The van der Waals surface area contributed by atoms with Gasteiger partial charge in [0.25, 0.3) is 5.91 Å². The maximum atomic E-state index is 12.2. The molecule has 118 valence electrons. The molecule has 1 atom stereocenters. The number of rotatable bonds is 5. The number of ether oxygens (including phenoxy) is 1. The van der Waals surface area contributed by atoms with Crippen LogP contribution in [0.25, 0.3) is 0 Å². The number of halogens is 1. The fourth-order valence-corrected chi connectivity index (χ4v) is 2.67. The lowest BCUT2D eigenvalue weighted by Crippen LogP contribution is -2.54. The monoisotopic (exact) mass is 312 g/mol. The van der Waals surface area contributed by atoms with Crippen molar-refractivity contribution in [3.05, 3.63) is 29.8 Å². The Hall–Kier alpha value is -1.26. The number of carbonyl (C=O) groups excluding carboxylic acids is 1. The van der Waals surface area contributed by atoms with E-state index in [1.165, 1.54) is 5.56 Å². The third kappa shape index (κ3) is 4.61. The van der Waals surface area contributed by atoms with E-state index in [9.17, 15) is 4.79 Å². The molecule has 1 unspecified atom stereocenters. The van der Waals surface area contributed by atoms with E-state index in [1.807, 2.05) is 31.2 Å². The second-order valence-electron chi connectivity index (χ2n) is 5.75. The zero-order chi connectivity index (χ0) is 14.6. The Morgan fingerprint density at radius 3 is 2.43 bits per heavy atom. The molecule has 1 aromatic rings. The van der Waals surface area contributed by atoms with E-state index in [0.717, 1.165) is 25.7 Å². The lowest BCUT2D eigenvalue weighted by atomic mass is 9.97. The van der Waals surface area contributed by atoms with Gasteiger partial charge >= 0.3 is 0 Å². The van der Waals surface area contributed by atoms with Crippen molar-refractivity contribution >= 4 is 18.3 Å². The summed E-state index contributed by atoms with van der Waals surface area (Å²) >= 11 is 0. The van der Waals surface area contributed by atoms with Gasteiger partial charge in [0.2, 0.25) is 0 Å². The minimum absolute atomic E-state index is 0. The van der Waals surface area contributed by atoms with Crippen molar-refractivity contribution in [3.63, 3.8) is 0 Å². The predicted molar refractivity (Wildman–Crippen MR) is 86.9 cm³/mol. The zero-order valence-electron chi connectivity index (χ0n) is 12.7. The van der Waals surface area contributed by atoms with Crippen molar-refractivity contribution in [2.75, 3.05) is 6.54 Å². The number of aryl methyl sites for hydroxylation is 1. The standard InChI is InChI=1S/C16H24N2O2.ClH/c1-12-5-7-14(8-6-12)20-13(2)15(19)18-16(11-17)9-3-4-10-16;/h5-8,13H,3-4,9-11,17H2,1-2H3,(H,18,19);1H. The summed E-state index contributed by atoms with van der Waals surface area (Å²) in [6.07, 6.45) is 3.68. The highest BCUT2D eigenvalue weighted by molar-refractivity contribution is 5.85. The zero-order valence-corrected chi connectivity index (χ0v) is 13.5. The summed E-state index contributed by atoms with van der Waals surface area (Å²) in [4.78, 5) is 12.2. The van der Waals surface area contributed by atoms with Gasteiger partial charge in [0.05, 0.1) is 5.54 Å². The third-order valence-electron chi connectivity index (χ3n) is 4.04. The van der Waals surface area contributed by atoms with Crippen LogP contribution in [0.2, 0.25) is 0 Å². The molecule has 2 rings (SSSR count). The first-order chi connectivity index (χ1) is 9.54. The number of amides is 1. The molecule has 1 saturated carbocycles. The topological polar surface area (TPSA) is 64.3 Å². The molecule has 1 aliphatic rings. The Labute approximate surface area is 132 Å². The fraction of sp³-hybridized carbons (Fsp3) is 0.562. The van der Waals surface area contributed by atoms with Gasteiger partial charge in [0, 0.05) is 6.54 Å². The minimum atomic E-state index is -0.512. The van der Waals surface area contributed by atoms with Gasteiger partial charge in [0.15, 0.2) is 6.10 Å². The molecular weight excluding hydrogens is 288 g/mol. The van der Waals surface area contributed by atoms with Crippen molar-refractivity contribution in [1.29, 1.82) is 0 Å². The summed E-state index contributed by atoms with van der Waals surface area (Å²) < 4.78 is 5.68. The van der Waals surface area contributed by atoms with Crippen LogP contribution in [0.4, 0.5) is 0 Å². The van der Waals surface area contributed by atoms with E-state index in [0.29, 0.717) is 12.3 Å². The molecule has 0 radical (unpaired) electrons. The highest BCUT2D eigenvalue weighted by Crippen LogP contribution is 2.28. The van der Waals surface area contributed by atoms with Crippen molar-refractivity contribution in [2.45, 2.75) is 51.2 Å². The van der Waals surface area contributed by atoms with Crippen LogP contribution >= 0.6 is 12.4 Å². The molecule has 0 aromatic heterocycles. The van der Waals surface area contributed by atoms with Gasteiger partial charge in [0.1, 0.15) is 5.75 Å². The van der Waals surface area contributed by atoms with E-state index in [2.05, 4.69) is 5.32 Å². The molecule has 1 fully saturated rings. The first-order valence-electron chi connectivity index (χ1n) is 7.30. The van der Waals surface area contributed by atoms with Crippen LogP contribution in [-0.4, -0.2) is 24.1 Å². The van der Waals surface area contributed by atoms with Gasteiger partial charge in [-0.3, -0.25) is 4.79 Å². The number of nitrogens with one attached hydrogen (secondary N) is 1. The van der Waals surface area contributed by atoms with Gasteiger partial charge in [-0.15, -0.1) is 12.4 Å². The Bertz CT molecular complexity index is 456. The van der Waals surface area contributed by atoms with E-state index in [1.54, 1.807) is 6.92 Å². The van der Waals surface area contributed by atoms with Gasteiger partial charge in [-0.1, -0.05) is 30.5 Å². The molecule has 5 heteroatoms. The molecule has 1 aliphatic carbocycles. The predicted octanol–water partition coefficient (Wildman–Crippen LogP) is 2.57. The van der Waals surface area contributed by atoms with Crippen LogP contribution in [0, 0.1) is 6.92 Å². The van der Waals surface area contributed by atoms with Crippen LogP contribution in [0.5, 0.6) is 5.75 Å². The second kappa shape index (κ2) is 7.66. The number of hydrogen-bond acceptors (Lipinski definition) is 3.